The summed E-state index contributed by atoms with van der Waals surface area (Å²) in [7, 11) is 1.64. The highest BCUT2D eigenvalue weighted by atomic mass is 16.5. The van der Waals surface area contributed by atoms with Crippen molar-refractivity contribution in [3.63, 3.8) is 0 Å². The van der Waals surface area contributed by atoms with E-state index in [0.717, 1.165) is 11.3 Å². The molecule has 0 aromatic heterocycles. The van der Waals surface area contributed by atoms with Crippen molar-refractivity contribution in [3.05, 3.63) is 29.8 Å². The summed E-state index contributed by atoms with van der Waals surface area (Å²) >= 11 is 0. The highest BCUT2D eigenvalue weighted by Crippen LogP contribution is 2.10. The number of hydrogen-bond donors (Lipinski definition) is 0. The van der Waals surface area contributed by atoms with Crippen LogP contribution in [0.15, 0.2) is 24.3 Å². The number of benzene rings is 1. The first-order chi connectivity index (χ1) is 6.36. The van der Waals surface area contributed by atoms with Crippen LogP contribution in [0.25, 0.3) is 0 Å². The van der Waals surface area contributed by atoms with Crippen LogP contribution in [0.5, 0.6) is 5.75 Å². The van der Waals surface area contributed by atoms with Crippen molar-refractivity contribution in [1.82, 2.24) is 0 Å². The third kappa shape index (κ3) is 3.18. The molecule has 1 aromatic carbocycles. The van der Waals surface area contributed by atoms with Gasteiger partial charge >= 0.3 is 0 Å². The normalized spacial score (nSPS) is 9.23. The Bertz CT molecular complexity index is 282. The molecule has 68 valence electrons. The Morgan fingerprint density at radius 1 is 1.23 bits per heavy atom. The number of terminal acetylenes is 1. The van der Waals surface area contributed by atoms with Gasteiger partial charge in [0.1, 0.15) is 12.4 Å². The lowest BCUT2D eigenvalue weighted by Crippen LogP contribution is -2.03. The predicted molar refractivity (Wildman–Crippen MR) is 51.7 cm³/mol. The van der Waals surface area contributed by atoms with Crippen LogP contribution in [0.4, 0.5) is 0 Å². The molecule has 0 radical (unpaired) electrons. The Labute approximate surface area is 78.5 Å². The zero-order valence-corrected chi connectivity index (χ0v) is 7.62. The fourth-order valence-corrected chi connectivity index (χ4v) is 0.890. The Morgan fingerprint density at radius 3 is 2.46 bits per heavy atom. The maximum atomic E-state index is 5.35. The molecule has 0 spiro atoms. The van der Waals surface area contributed by atoms with Crippen LogP contribution in [0.1, 0.15) is 5.56 Å². The minimum Gasteiger partial charge on any atom is -0.491 e. The van der Waals surface area contributed by atoms with Crippen LogP contribution in [0.2, 0.25) is 0 Å². The minimum absolute atomic E-state index is 0.561. The summed E-state index contributed by atoms with van der Waals surface area (Å²) in [5.74, 6) is 3.36. The predicted octanol–water partition coefficient (Wildman–Crippen LogP) is 1.69. The Balaban J connectivity index is 2.46. The molecule has 1 rings (SSSR count). The molecule has 0 saturated carbocycles. The van der Waals surface area contributed by atoms with Gasteiger partial charge in [-0.3, -0.25) is 0 Å². The number of methoxy groups -OCH3 is 1. The van der Waals surface area contributed by atoms with Crippen molar-refractivity contribution >= 4 is 0 Å². The van der Waals surface area contributed by atoms with Crippen LogP contribution in [-0.4, -0.2) is 20.3 Å². The maximum absolute atomic E-state index is 5.35. The third-order valence-corrected chi connectivity index (χ3v) is 1.58. The molecule has 0 amide bonds. The summed E-state index contributed by atoms with van der Waals surface area (Å²) in [4.78, 5) is 0. The monoisotopic (exact) mass is 176 g/mol. The van der Waals surface area contributed by atoms with Crippen molar-refractivity contribution in [2.45, 2.75) is 0 Å². The van der Waals surface area contributed by atoms with Gasteiger partial charge in [0, 0.05) is 12.7 Å². The van der Waals surface area contributed by atoms with Crippen LogP contribution in [0, 0.1) is 12.3 Å². The number of hydrogen-bond acceptors (Lipinski definition) is 2. The van der Waals surface area contributed by atoms with E-state index < -0.39 is 0 Å². The molecule has 2 heteroatoms. The van der Waals surface area contributed by atoms with Gasteiger partial charge in [0.15, 0.2) is 0 Å². The first kappa shape index (κ1) is 9.63. The zero-order valence-electron chi connectivity index (χ0n) is 7.62. The van der Waals surface area contributed by atoms with E-state index in [-0.39, 0.29) is 0 Å². The molecule has 0 aliphatic carbocycles. The van der Waals surface area contributed by atoms with Gasteiger partial charge < -0.3 is 9.47 Å². The van der Waals surface area contributed by atoms with Gasteiger partial charge in [-0.2, -0.15) is 0 Å². The summed E-state index contributed by atoms with van der Waals surface area (Å²) in [6, 6.07) is 7.40. The van der Waals surface area contributed by atoms with Crippen molar-refractivity contribution in [2.24, 2.45) is 0 Å². The highest BCUT2D eigenvalue weighted by Gasteiger charge is 1.92. The average molecular weight is 176 g/mol. The molecule has 2 nitrogen and oxygen atoms in total. The highest BCUT2D eigenvalue weighted by molar-refractivity contribution is 5.36. The minimum atomic E-state index is 0.561. The van der Waals surface area contributed by atoms with Gasteiger partial charge in [0.2, 0.25) is 0 Å². The molecule has 0 unspecified atom stereocenters. The second-order valence-electron chi connectivity index (χ2n) is 2.51. The molecule has 0 aliphatic heterocycles. The van der Waals surface area contributed by atoms with Crippen LogP contribution in [0.3, 0.4) is 0 Å². The second kappa shape index (κ2) is 5.23. The van der Waals surface area contributed by atoms with Crippen molar-refractivity contribution in [2.75, 3.05) is 20.3 Å². The van der Waals surface area contributed by atoms with Crippen LogP contribution >= 0.6 is 0 Å². The van der Waals surface area contributed by atoms with E-state index in [1.54, 1.807) is 7.11 Å². The largest absolute Gasteiger partial charge is 0.491 e. The molecular formula is C11H12O2. The molecule has 0 atom stereocenters. The van der Waals surface area contributed by atoms with E-state index in [1.807, 2.05) is 24.3 Å². The van der Waals surface area contributed by atoms with Crippen LogP contribution in [-0.2, 0) is 4.74 Å². The van der Waals surface area contributed by atoms with Gasteiger partial charge in [-0.05, 0) is 24.3 Å². The third-order valence-electron chi connectivity index (χ3n) is 1.58. The van der Waals surface area contributed by atoms with E-state index in [9.17, 15) is 0 Å². The smallest absolute Gasteiger partial charge is 0.119 e. The van der Waals surface area contributed by atoms with Crippen molar-refractivity contribution < 1.29 is 9.47 Å². The molecule has 1 aromatic rings. The Kier molecular flexibility index (Phi) is 3.87. The summed E-state index contributed by atoms with van der Waals surface area (Å²) in [6.45, 7) is 1.16. The molecule has 0 heterocycles. The van der Waals surface area contributed by atoms with E-state index in [4.69, 9.17) is 15.9 Å². The van der Waals surface area contributed by atoms with Crippen molar-refractivity contribution in [3.8, 4) is 18.1 Å². The summed E-state index contributed by atoms with van der Waals surface area (Å²) < 4.78 is 10.2. The summed E-state index contributed by atoms with van der Waals surface area (Å²) in [6.07, 6.45) is 5.21. The average Bonchev–Trinajstić information content (AvgIpc) is 2.19. The number of rotatable bonds is 4. The number of ether oxygens (including phenoxy) is 2. The van der Waals surface area contributed by atoms with Crippen molar-refractivity contribution in [1.29, 1.82) is 0 Å². The zero-order chi connectivity index (χ0) is 9.52. The van der Waals surface area contributed by atoms with E-state index in [0.29, 0.717) is 13.2 Å². The van der Waals surface area contributed by atoms with Gasteiger partial charge in [-0.25, -0.2) is 0 Å². The van der Waals surface area contributed by atoms with Gasteiger partial charge in [-0.1, -0.05) is 5.92 Å². The van der Waals surface area contributed by atoms with Gasteiger partial charge in [-0.15, -0.1) is 6.42 Å². The van der Waals surface area contributed by atoms with E-state index >= 15 is 0 Å². The molecule has 0 bridgehead atoms. The lowest BCUT2D eigenvalue weighted by Gasteiger charge is -2.04. The molecular weight excluding hydrogens is 164 g/mol. The van der Waals surface area contributed by atoms with Gasteiger partial charge in [0.25, 0.3) is 0 Å². The van der Waals surface area contributed by atoms with E-state index in [1.165, 1.54) is 0 Å². The fraction of sp³-hybridized carbons (Fsp3) is 0.273. The quantitative estimate of drug-likeness (QED) is 0.513. The Morgan fingerprint density at radius 2 is 1.92 bits per heavy atom. The van der Waals surface area contributed by atoms with E-state index in [2.05, 4.69) is 5.92 Å². The summed E-state index contributed by atoms with van der Waals surface area (Å²) in [5, 5.41) is 0. The lowest BCUT2D eigenvalue weighted by atomic mass is 10.2. The lowest BCUT2D eigenvalue weighted by molar-refractivity contribution is 0.146. The molecule has 0 fully saturated rings. The topological polar surface area (TPSA) is 18.5 Å². The molecule has 13 heavy (non-hydrogen) atoms. The SMILES string of the molecule is C#Cc1ccc(OCCOC)cc1. The second-order valence-corrected chi connectivity index (χ2v) is 2.51. The molecule has 0 aliphatic rings. The van der Waals surface area contributed by atoms with Crippen LogP contribution < -0.4 is 4.74 Å². The molecule has 0 saturated heterocycles. The van der Waals surface area contributed by atoms with Gasteiger partial charge in [0.05, 0.1) is 6.61 Å². The first-order valence-corrected chi connectivity index (χ1v) is 4.05. The summed E-state index contributed by atoms with van der Waals surface area (Å²) in [5.41, 5.74) is 0.860. The Hall–Kier alpha value is -1.46. The fourth-order valence-electron chi connectivity index (χ4n) is 0.890. The first-order valence-electron chi connectivity index (χ1n) is 4.05. The maximum Gasteiger partial charge on any atom is 0.119 e. The molecule has 0 N–H and O–H groups in total. The standard InChI is InChI=1S/C11H12O2/c1-3-10-4-6-11(7-5-10)13-9-8-12-2/h1,4-7H,8-9H2,2H3.